The van der Waals surface area contributed by atoms with Crippen LogP contribution in [0.2, 0.25) is 0 Å². The Balaban J connectivity index is 2.01. The van der Waals surface area contributed by atoms with Crippen molar-refractivity contribution in [3.8, 4) is 11.5 Å². The Bertz CT molecular complexity index is 456. The zero-order valence-corrected chi connectivity index (χ0v) is 9.88. The van der Waals surface area contributed by atoms with Crippen LogP contribution in [0.5, 0.6) is 0 Å². The van der Waals surface area contributed by atoms with E-state index in [0.717, 1.165) is 5.56 Å². The topological polar surface area (TPSA) is 60.2 Å². The number of ether oxygens (including phenoxy) is 1. The van der Waals surface area contributed by atoms with E-state index in [1.54, 1.807) is 7.11 Å². The van der Waals surface area contributed by atoms with E-state index in [1.165, 1.54) is 0 Å². The summed E-state index contributed by atoms with van der Waals surface area (Å²) in [7, 11) is 1.66. The van der Waals surface area contributed by atoms with Crippen molar-refractivity contribution < 1.29 is 9.26 Å². The molecule has 1 unspecified atom stereocenters. The molecular formula is C12H15N3O2. The lowest BCUT2D eigenvalue weighted by Gasteiger charge is -2.07. The maximum Gasteiger partial charge on any atom is 0.263 e. The summed E-state index contributed by atoms with van der Waals surface area (Å²) in [5, 5.41) is 6.89. The van der Waals surface area contributed by atoms with E-state index in [0.29, 0.717) is 18.4 Å². The standard InChI is InChI=1S/C12H15N3O2/c1-9(16-2)8-13-12-14-11(17-15-12)10-6-4-3-5-7-10/h3-7,9H,8H2,1-2H3,(H,13,15). The van der Waals surface area contributed by atoms with Crippen LogP contribution in [0.4, 0.5) is 5.95 Å². The molecule has 0 bridgehead atoms. The minimum atomic E-state index is 0.105. The second-order valence-electron chi connectivity index (χ2n) is 3.72. The van der Waals surface area contributed by atoms with Gasteiger partial charge in [0.1, 0.15) is 0 Å². The molecule has 1 atom stereocenters. The molecule has 2 rings (SSSR count). The van der Waals surface area contributed by atoms with Crippen LogP contribution in [0.25, 0.3) is 11.5 Å². The molecule has 5 heteroatoms. The highest BCUT2D eigenvalue weighted by Gasteiger charge is 2.08. The molecule has 0 saturated heterocycles. The van der Waals surface area contributed by atoms with Crippen molar-refractivity contribution in [3.05, 3.63) is 30.3 Å². The van der Waals surface area contributed by atoms with E-state index in [4.69, 9.17) is 9.26 Å². The van der Waals surface area contributed by atoms with Gasteiger partial charge in [0.15, 0.2) is 0 Å². The van der Waals surface area contributed by atoms with Gasteiger partial charge in [-0.05, 0) is 24.2 Å². The minimum absolute atomic E-state index is 0.105. The third-order valence-electron chi connectivity index (χ3n) is 2.40. The largest absolute Gasteiger partial charge is 0.380 e. The van der Waals surface area contributed by atoms with Gasteiger partial charge in [0.25, 0.3) is 11.8 Å². The van der Waals surface area contributed by atoms with Crippen LogP contribution >= 0.6 is 0 Å². The quantitative estimate of drug-likeness (QED) is 0.857. The highest BCUT2D eigenvalue weighted by atomic mass is 16.5. The Labute approximate surface area is 99.8 Å². The number of methoxy groups -OCH3 is 1. The van der Waals surface area contributed by atoms with Gasteiger partial charge in [-0.1, -0.05) is 18.2 Å². The van der Waals surface area contributed by atoms with Crippen molar-refractivity contribution in [1.82, 2.24) is 10.1 Å². The lowest BCUT2D eigenvalue weighted by atomic mass is 10.2. The molecule has 90 valence electrons. The van der Waals surface area contributed by atoms with Gasteiger partial charge < -0.3 is 14.6 Å². The van der Waals surface area contributed by atoms with Crippen molar-refractivity contribution in [3.63, 3.8) is 0 Å². The van der Waals surface area contributed by atoms with Gasteiger partial charge in [-0.2, -0.15) is 4.98 Å². The van der Waals surface area contributed by atoms with E-state index in [9.17, 15) is 0 Å². The zero-order valence-electron chi connectivity index (χ0n) is 9.88. The van der Waals surface area contributed by atoms with Crippen LogP contribution in [-0.4, -0.2) is 29.9 Å². The summed E-state index contributed by atoms with van der Waals surface area (Å²) in [6, 6.07) is 9.66. The average molecular weight is 233 g/mol. The fraction of sp³-hybridized carbons (Fsp3) is 0.333. The summed E-state index contributed by atoms with van der Waals surface area (Å²) in [6.07, 6.45) is 0.105. The smallest absolute Gasteiger partial charge is 0.263 e. The van der Waals surface area contributed by atoms with Gasteiger partial charge in [0, 0.05) is 19.2 Å². The molecule has 0 radical (unpaired) electrons. The summed E-state index contributed by atoms with van der Waals surface area (Å²) in [5.74, 6) is 0.992. The number of aromatic nitrogens is 2. The van der Waals surface area contributed by atoms with Crippen LogP contribution in [0.1, 0.15) is 6.92 Å². The fourth-order valence-corrected chi connectivity index (χ4v) is 1.31. The predicted molar refractivity (Wildman–Crippen MR) is 64.7 cm³/mol. The molecule has 2 aromatic rings. The summed E-state index contributed by atoms with van der Waals surface area (Å²) in [5.41, 5.74) is 0.910. The molecule has 0 aliphatic rings. The molecule has 17 heavy (non-hydrogen) atoms. The molecule has 0 fully saturated rings. The predicted octanol–water partition coefficient (Wildman–Crippen LogP) is 2.18. The minimum Gasteiger partial charge on any atom is -0.380 e. The summed E-state index contributed by atoms with van der Waals surface area (Å²) in [4.78, 5) is 4.24. The number of nitrogens with one attached hydrogen (secondary N) is 1. The highest BCUT2D eigenvalue weighted by Crippen LogP contribution is 2.17. The first-order chi connectivity index (χ1) is 8.29. The average Bonchev–Trinajstić information content (AvgIpc) is 2.86. The van der Waals surface area contributed by atoms with E-state index in [1.807, 2.05) is 37.3 Å². The molecular weight excluding hydrogens is 218 g/mol. The molecule has 1 N–H and O–H groups in total. The van der Waals surface area contributed by atoms with E-state index < -0.39 is 0 Å². The molecule has 0 saturated carbocycles. The third-order valence-corrected chi connectivity index (χ3v) is 2.40. The van der Waals surface area contributed by atoms with Gasteiger partial charge in [-0.3, -0.25) is 0 Å². The van der Waals surface area contributed by atoms with Crippen molar-refractivity contribution in [2.75, 3.05) is 19.0 Å². The van der Waals surface area contributed by atoms with Crippen LogP contribution in [0.3, 0.4) is 0 Å². The molecule has 0 aliphatic carbocycles. The van der Waals surface area contributed by atoms with Crippen LogP contribution in [0.15, 0.2) is 34.9 Å². The lowest BCUT2D eigenvalue weighted by molar-refractivity contribution is 0.128. The number of benzene rings is 1. The van der Waals surface area contributed by atoms with Crippen LogP contribution < -0.4 is 5.32 Å². The van der Waals surface area contributed by atoms with Gasteiger partial charge in [0.05, 0.1) is 6.10 Å². The van der Waals surface area contributed by atoms with Gasteiger partial charge in [0.2, 0.25) is 0 Å². The number of nitrogens with zero attached hydrogens (tertiary/aromatic N) is 2. The van der Waals surface area contributed by atoms with Gasteiger partial charge >= 0.3 is 0 Å². The molecule has 0 aliphatic heterocycles. The summed E-state index contributed by atoms with van der Waals surface area (Å²) in [6.45, 7) is 2.61. The summed E-state index contributed by atoms with van der Waals surface area (Å²) < 4.78 is 10.3. The molecule has 1 aromatic heterocycles. The molecule has 1 heterocycles. The van der Waals surface area contributed by atoms with Crippen molar-refractivity contribution >= 4 is 5.95 Å². The normalized spacial score (nSPS) is 12.4. The van der Waals surface area contributed by atoms with E-state index >= 15 is 0 Å². The maximum absolute atomic E-state index is 5.15. The van der Waals surface area contributed by atoms with Crippen molar-refractivity contribution in [2.24, 2.45) is 0 Å². The van der Waals surface area contributed by atoms with Gasteiger partial charge in [-0.25, -0.2) is 0 Å². The molecule has 1 aromatic carbocycles. The van der Waals surface area contributed by atoms with E-state index in [-0.39, 0.29) is 6.10 Å². The van der Waals surface area contributed by atoms with E-state index in [2.05, 4.69) is 15.5 Å². The fourth-order valence-electron chi connectivity index (χ4n) is 1.31. The number of hydrogen-bond acceptors (Lipinski definition) is 5. The zero-order chi connectivity index (χ0) is 12.1. The number of hydrogen-bond donors (Lipinski definition) is 1. The third kappa shape index (κ3) is 3.04. The van der Waals surface area contributed by atoms with Crippen LogP contribution in [-0.2, 0) is 4.74 Å². The molecule has 0 spiro atoms. The Morgan fingerprint density at radius 1 is 1.35 bits per heavy atom. The second-order valence-corrected chi connectivity index (χ2v) is 3.72. The summed E-state index contributed by atoms with van der Waals surface area (Å²) >= 11 is 0. The lowest BCUT2D eigenvalue weighted by Crippen LogP contribution is -2.18. The first-order valence-electron chi connectivity index (χ1n) is 5.45. The Kier molecular flexibility index (Phi) is 3.72. The molecule has 0 amide bonds. The van der Waals surface area contributed by atoms with Crippen molar-refractivity contribution in [2.45, 2.75) is 13.0 Å². The Morgan fingerprint density at radius 3 is 2.82 bits per heavy atom. The monoisotopic (exact) mass is 233 g/mol. The first kappa shape index (κ1) is 11.6. The first-order valence-corrected chi connectivity index (χ1v) is 5.45. The van der Waals surface area contributed by atoms with Crippen LogP contribution in [0, 0.1) is 0 Å². The number of anilines is 1. The highest BCUT2D eigenvalue weighted by molar-refractivity contribution is 5.53. The molecule has 5 nitrogen and oxygen atoms in total. The maximum atomic E-state index is 5.15. The second kappa shape index (κ2) is 5.45. The Morgan fingerprint density at radius 2 is 2.12 bits per heavy atom. The Hall–Kier alpha value is -1.88. The van der Waals surface area contributed by atoms with Crippen molar-refractivity contribution in [1.29, 1.82) is 0 Å². The van der Waals surface area contributed by atoms with Gasteiger partial charge in [-0.15, -0.1) is 0 Å². The SMILES string of the molecule is COC(C)CNc1noc(-c2ccccc2)n1. The number of rotatable bonds is 5.